The number of benzene rings is 3. The Labute approximate surface area is 211 Å². The van der Waals surface area contributed by atoms with Crippen molar-refractivity contribution >= 4 is 34.5 Å². The van der Waals surface area contributed by atoms with Crippen LogP contribution < -0.4 is 15.0 Å². The van der Waals surface area contributed by atoms with Crippen LogP contribution in [0.25, 0.3) is 0 Å². The van der Waals surface area contributed by atoms with E-state index in [1.807, 2.05) is 11.0 Å². The second-order valence-electron chi connectivity index (χ2n) is 8.17. The molecule has 1 aliphatic heterocycles. The van der Waals surface area contributed by atoms with E-state index in [2.05, 4.69) is 10.2 Å². The van der Waals surface area contributed by atoms with Crippen LogP contribution in [0.4, 0.5) is 28.9 Å². The number of nitrogens with one attached hydrogen (secondary N) is 1. The summed E-state index contributed by atoms with van der Waals surface area (Å²) < 4.78 is 58.0. The summed E-state index contributed by atoms with van der Waals surface area (Å²) in [5.74, 6) is -0.403. The lowest BCUT2D eigenvalue weighted by Crippen LogP contribution is -2.48. The smallest absolute Gasteiger partial charge is 0.416 e. The maximum atomic E-state index is 14.1. The summed E-state index contributed by atoms with van der Waals surface area (Å²) >= 11 is 5.63. The number of para-hydroxylation sites is 1. The van der Waals surface area contributed by atoms with E-state index < -0.39 is 17.6 Å². The van der Waals surface area contributed by atoms with Crippen molar-refractivity contribution < 1.29 is 27.1 Å². The molecule has 188 valence electrons. The van der Waals surface area contributed by atoms with Gasteiger partial charge in [-0.3, -0.25) is 4.79 Å². The van der Waals surface area contributed by atoms with Crippen molar-refractivity contribution in [3.05, 3.63) is 89.7 Å². The van der Waals surface area contributed by atoms with Crippen molar-refractivity contribution in [1.29, 1.82) is 0 Å². The molecule has 1 saturated heterocycles. The zero-order chi connectivity index (χ0) is 25.7. The van der Waals surface area contributed by atoms with Crippen LogP contribution in [0, 0.1) is 5.82 Å². The summed E-state index contributed by atoms with van der Waals surface area (Å²) in [5, 5.41) is 2.40. The van der Waals surface area contributed by atoms with Gasteiger partial charge in [0.25, 0.3) is 5.91 Å². The largest absolute Gasteiger partial charge is 0.484 e. The maximum absolute atomic E-state index is 14.1. The number of ether oxygens (including phenoxy) is 1. The van der Waals surface area contributed by atoms with Crippen LogP contribution in [0.15, 0.2) is 72.8 Å². The molecular weight excluding hydrogens is 494 g/mol. The minimum absolute atomic E-state index is 0.0363. The highest BCUT2D eigenvalue weighted by atomic mass is 32.1. The molecule has 3 aromatic rings. The van der Waals surface area contributed by atoms with Gasteiger partial charge >= 0.3 is 6.18 Å². The van der Waals surface area contributed by atoms with Crippen molar-refractivity contribution in [2.45, 2.75) is 6.18 Å². The standard InChI is InChI=1S/C26H23F4N3O2S/c27-22-6-1-2-7-23(22)32-12-14-33(15-13-32)25(36)18-8-10-21(11-9-18)35-17-24(34)31-20-5-3-4-19(16-20)26(28,29)30/h1-11,16H,12-15,17H2,(H,31,34). The summed E-state index contributed by atoms with van der Waals surface area (Å²) in [6.45, 7) is 2.23. The molecule has 10 heteroatoms. The lowest BCUT2D eigenvalue weighted by molar-refractivity contribution is -0.137. The number of anilines is 2. The fourth-order valence-corrected chi connectivity index (χ4v) is 4.17. The van der Waals surface area contributed by atoms with Crippen molar-refractivity contribution in [2.24, 2.45) is 0 Å². The summed E-state index contributed by atoms with van der Waals surface area (Å²) in [6.07, 6.45) is -4.49. The molecule has 1 fully saturated rings. The third-order valence-electron chi connectivity index (χ3n) is 5.70. The second-order valence-corrected chi connectivity index (χ2v) is 8.56. The summed E-state index contributed by atoms with van der Waals surface area (Å²) in [6, 6.07) is 18.0. The predicted octanol–water partition coefficient (Wildman–Crippen LogP) is 5.36. The molecular formula is C26H23F4N3O2S. The molecule has 1 amide bonds. The van der Waals surface area contributed by atoms with Crippen LogP contribution in [0.2, 0.25) is 0 Å². The van der Waals surface area contributed by atoms with Gasteiger partial charge in [-0.15, -0.1) is 0 Å². The Balaban J connectivity index is 1.27. The first kappa shape index (κ1) is 25.4. The molecule has 0 spiro atoms. The van der Waals surface area contributed by atoms with Gasteiger partial charge in [0.1, 0.15) is 16.6 Å². The predicted molar refractivity (Wildman–Crippen MR) is 134 cm³/mol. The van der Waals surface area contributed by atoms with E-state index in [0.717, 1.165) is 17.7 Å². The van der Waals surface area contributed by atoms with Crippen LogP contribution in [-0.4, -0.2) is 48.6 Å². The minimum atomic E-state index is -4.49. The van der Waals surface area contributed by atoms with Gasteiger partial charge in [0.05, 0.1) is 11.3 Å². The number of amides is 1. The molecule has 36 heavy (non-hydrogen) atoms. The highest BCUT2D eigenvalue weighted by Gasteiger charge is 2.30. The van der Waals surface area contributed by atoms with Crippen molar-refractivity contribution in [3.63, 3.8) is 0 Å². The van der Waals surface area contributed by atoms with Crippen LogP contribution >= 0.6 is 12.2 Å². The molecule has 0 atom stereocenters. The first-order valence-corrected chi connectivity index (χ1v) is 11.6. The van der Waals surface area contributed by atoms with E-state index in [1.54, 1.807) is 36.4 Å². The van der Waals surface area contributed by atoms with Crippen molar-refractivity contribution in [2.75, 3.05) is 43.0 Å². The number of carbonyl (C=O) groups excluding carboxylic acids is 1. The molecule has 0 radical (unpaired) electrons. The van der Waals surface area contributed by atoms with Crippen LogP contribution in [0.5, 0.6) is 5.75 Å². The fraction of sp³-hybridized carbons (Fsp3) is 0.231. The molecule has 4 rings (SSSR count). The minimum Gasteiger partial charge on any atom is -0.484 e. The first-order valence-electron chi connectivity index (χ1n) is 11.2. The number of hydrogen-bond donors (Lipinski definition) is 1. The third-order valence-corrected chi connectivity index (χ3v) is 6.20. The highest BCUT2D eigenvalue weighted by molar-refractivity contribution is 7.80. The van der Waals surface area contributed by atoms with Gasteiger partial charge in [0.15, 0.2) is 6.61 Å². The Morgan fingerprint density at radius 3 is 2.31 bits per heavy atom. The normalized spacial score (nSPS) is 13.9. The van der Waals surface area contributed by atoms with Gasteiger partial charge in [0.2, 0.25) is 0 Å². The average Bonchev–Trinajstić information content (AvgIpc) is 2.87. The van der Waals surface area contributed by atoms with Gasteiger partial charge in [0, 0.05) is 37.4 Å². The van der Waals surface area contributed by atoms with E-state index >= 15 is 0 Å². The summed E-state index contributed by atoms with van der Waals surface area (Å²) in [4.78, 5) is 16.8. The number of rotatable bonds is 6. The Bertz CT molecular complexity index is 1230. The van der Waals surface area contributed by atoms with Crippen LogP contribution in [0.3, 0.4) is 0 Å². The van der Waals surface area contributed by atoms with E-state index in [4.69, 9.17) is 17.0 Å². The Kier molecular flexibility index (Phi) is 7.73. The fourth-order valence-electron chi connectivity index (χ4n) is 3.85. The number of carbonyl (C=O) groups is 1. The topological polar surface area (TPSA) is 44.8 Å². The molecule has 0 aromatic heterocycles. The quantitative estimate of drug-likeness (QED) is 0.352. The van der Waals surface area contributed by atoms with Gasteiger partial charge in [-0.05, 0) is 54.6 Å². The van der Waals surface area contributed by atoms with E-state index in [9.17, 15) is 22.4 Å². The molecule has 1 N–H and O–H groups in total. The average molecular weight is 518 g/mol. The van der Waals surface area contributed by atoms with E-state index in [-0.39, 0.29) is 18.1 Å². The lowest BCUT2D eigenvalue weighted by atomic mass is 10.1. The summed E-state index contributed by atoms with van der Waals surface area (Å²) in [5.41, 5.74) is 0.586. The molecule has 0 unspecified atom stereocenters. The highest BCUT2D eigenvalue weighted by Crippen LogP contribution is 2.30. The van der Waals surface area contributed by atoms with Gasteiger partial charge in [-0.25, -0.2) is 4.39 Å². The van der Waals surface area contributed by atoms with Crippen molar-refractivity contribution in [1.82, 2.24) is 4.90 Å². The Hall–Kier alpha value is -3.66. The number of nitrogens with zero attached hydrogens (tertiary/aromatic N) is 2. The molecule has 1 heterocycles. The van der Waals surface area contributed by atoms with Crippen molar-refractivity contribution in [3.8, 4) is 5.75 Å². The monoisotopic (exact) mass is 517 g/mol. The Morgan fingerprint density at radius 1 is 0.944 bits per heavy atom. The third kappa shape index (κ3) is 6.31. The molecule has 0 bridgehead atoms. The maximum Gasteiger partial charge on any atom is 0.416 e. The van der Waals surface area contributed by atoms with E-state index in [0.29, 0.717) is 42.6 Å². The van der Waals surface area contributed by atoms with Gasteiger partial charge in [-0.2, -0.15) is 13.2 Å². The molecule has 1 aliphatic rings. The zero-order valence-corrected chi connectivity index (χ0v) is 19.9. The molecule has 0 aliphatic carbocycles. The van der Waals surface area contributed by atoms with Crippen LogP contribution in [0.1, 0.15) is 11.1 Å². The number of halogens is 4. The number of thiocarbonyl (C=S) groups is 1. The first-order chi connectivity index (χ1) is 17.2. The van der Waals surface area contributed by atoms with Gasteiger partial charge < -0.3 is 19.9 Å². The molecule has 3 aromatic carbocycles. The van der Waals surface area contributed by atoms with Gasteiger partial charge in [-0.1, -0.05) is 30.4 Å². The zero-order valence-electron chi connectivity index (χ0n) is 19.1. The lowest BCUT2D eigenvalue weighted by Gasteiger charge is -2.37. The number of hydrogen-bond acceptors (Lipinski definition) is 4. The number of alkyl halides is 3. The Morgan fingerprint density at radius 2 is 1.64 bits per heavy atom. The second kappa shape index (κ2) is 10.9. The SMILES string of the molecule is O=C(COc1ccc(C(=S)N2CCN(c3ccccc3F)CC2)cc1)Nc1cccc(C(F)(F)F)c1. The van der Waals surface area contributed by atoms with Crippen LogP contribution in [-0.2, 0) is 11.0 Å². The number of piperazine rings is 1. The molecule has 0 saturated carbocycles. The summed E-state index contributed by atoms with van der Waals surface area (Å²) in [7, 11) is 0. The van der Waals surface area contributed by atoms with E-state index in [1.165, 1.54) is 18.2 Å². The molecule has 5 nitrogen and oxygen atoms in total.